The molecule has 1 heterocycles. The summed E-state index contributed by atoms with van der Waals surface area (Å²) < 4.78 is 5.16. The summed E-state index contributed by atoms with van der Waals surface area (Å²) in [6.07, 6.45) is 1.73. The van der Waals surface area contributed by atoms with E-state index in [2.05, 4.69) is 15.5 Å². The van der Waals surface area contributed by atoms with E-state index in [0.717, 1.165) is 22.6 Å². The summed E-state index contributed by atoms with van der Waals surface area (Å²) >= 11 is 0. The lowest BCUT2D eigenvalue weighted by Gasteiger charge is -2.07. The number of benzene rings is 2. The van der Waals surface area contributed by atoms with Crippen molar-refractivity contribution in [1.82, 2.24) is 15.5 Å². The van der Waals surface area contributed by atoms with Gasteiger partial charge in [0.15, 0.2) is 0 Å². The van der Waals surface area contributed by atoms with Gasteiger partial charge in [-0.25, -0.2) is 0 Å². The Kier molecular flexibility index (Phi) is 4.38. The van der Waals surface area contributed by atoms with Crippen molar-refractivity contribution >= 4 is 5.91 Å². The summed E-state index contributed by atoms with van der Waals surface area (Å²) in [5.74, 6) is 0.694. The molecule has 0 fully saturated rings. The maximum atomic E-state index is 12.1. The fourth-order valence-electron chi connectivity index (χ4n) is 2.32. The first-order valence-electron chi connectivity index (χ1n) is 7.28. The molecule has 3 rings (SSSR count). The fourth-order valence-corrected chi connectivity index (χ4v) is 2.32. The molecule has 0 radical (unpaired) electrons. The predicted octanol–water partition coefficient (Wildman–Crippen LogP) is 3.02. The largest absolute Gasteiger partial charge is 0.497 e. The summed E-state index contributed by atoms with van der Waals surface area (Å²) in [6.45, 7) is 0.408. The number of hydrogen-bond acceptors (Lipinski definition) is 3. The van der Waals surface area contributed by atoms with Crippen LogP contribution in [-0.2, 0) is 6.54 Å². The van der Waals surface area contributed by atoms with Crippen LogP contribution in [0.1, 0.15) is 15.9 Å². The molecular formula is C18H17N3O2. The van der Waals surface area contributed by atoms with E-state index in [0.29, 0.717) is 12.1 Å². The van der Waals surface area contributed by atoms with Crippen molar-refractivity contribution < 1.29 is 9.53 Å². The van der Waals surface area contributed by atoms with Gasteiger partial charge in [0.05, 0.1) is 19.0 Å². The van der Waals surface area contributed by atoms with E-state index in [9.17, 15) is 4.79 Å². The first kappa shape index (κ1) is 14.8. The molecule has 0 aliphatic carbocycles. The highest BCUT2D eigenvalue weighted by Crippen LogP contribution is 2.23. The molecule has 0 spiro atoms. The summed E-state index contributed by atoms with van der Waals surface area (Å²) in [5, 5.41) is 9.98. The lowest BCUT2D eigenvalue weighted by molar-refractivity contribution is 0.0951. The maximum Gasteiger partial charge on any atom is 0.251 e. The molecule has 116 valence electrons. The van der Waals surface area contributed by atoms with E-state index in [-0.39, 0.29) is 5.91 Å². The van der Waals surface area contributed by atoms with Crippen LogP contribution in [0.4, 0.5) is 0 Å². The molecule has 0 atom stereocenters. The average Bonchev–Trinajstić information content (AvgIpc) is 3.09. The van der Waals surface area contributed by atoms with Gasteiger partial charge in [0.2, 0.25) is 0 Å². The third-order valence-electron chi connectivity index (χ3n) is 3.57. The van der Waals surface area contributed by atoms with Crippen molar-refractivity contribution in [2.45, 2.75) is 6.54 Å². The number of methoxy groups -OCH3 is 1. The SMILES string of the molecule is COc1ccc(-c2[nH]ncc2CNC(=O)c2ccccc2)cc1. The van der Waals surface area contributed by atoms with Crippen molar-refractivity contribution in [2.75, 3.05) is 7.11 Å². The number of H-pyrrole nitrogens is 1. The zero-order valence-corrected chi connectivity index (χ0v) is 12.7. The van der Waals surface area contributed by atoms with Gasteiger partial charge in [-0.3, -0.25) is 9.89 Å². The lowest BCUT2D eigenvalue weighted by Crippen LogP contribution is -2.22. The molecule has 1 aromatic heterocycles. The second kappa shape index (κ2) is 6.79. The number of amides is 1. The zero-order valence-electron chi connectivity index (χ0n) is 12.7. The number of carbonyl (C=O) groups is 1. The molecule has 5 heteroatoms. The summed E-state index contributed by atoms with van der Waals surface area (Å²) in [6, 6.07) is 16.8. The Balaban J connectivity index is 1.72. The minimum absolute atomic E-state index is 0.104. The van der Waals surface area contributed by atoms with Gasteiger partial charge in [-0.15, -0.1) is 0 Å². The van der Waals surface area contributed by atoms with Crippen molar-refractivity contribution in [2.24, 2.45) is 0 Å². The molecule has 5 nitrogen and oxygen atoms in total. The van der Waals surface area contributed by atoms with Crippen LogP contribution < -0.4 is 10.1 Å². The number of nitrogens with one attached hydrogen (secondary N) is 2. The Morgan fingerprint density at radius 2 is 1.87 bits per heavy atom. The van der Waals surface area contributed by atoms with Crippen LogP contribution in [0.5, 0.6) is 5.75 Å². The first-order chi connectivity index (χ1) is 11.3. The molecule has 0 aliphatic heterocycles. The van der Waals surface area contributed by atoms with Gasteiger partial charge in [0.25, 0.3) is 5.91 Å². The average molecular weight is 307 g/mol. The quantitative estimate of drug-likeness (QED) is 0.761. The molecule has 1 amide bonds. The fraction of sp³-hybridized carbons (Fsp3) is 0.111. The van der Waals surface area contributed by atoms with Crippen LogP contribution in [0.2, 0.25) is 0 Å². The molecule has 0 saturated carbocycles. The molecule has 0 saturated heterocycles. The van der Waals surface area contributed by atoms with Crippen molar-refractivity contribution in [3.8, 4) is 17.0 Å². The van der Waals surface area contributed by atoms with Gasteiger partial charge in [0.1, 0.15) is 5.75 Å². The molecule has 0 unspecified atom stereocenters. The summed E-state index contributed by atoms with van der Waals surface area (Å²) in [7, 11) is 1.63. The Bertz CT molecular complexity index is 780. The number of aromatic nitrogens is 2. The van der Waals surface area contributed by atoms with Gasteiger partial charge >= 0.3 is 0 Å². The number of ether oxygens (including phenoxy) is 1. The lowest BCUT2D eigenvalue weighted by atomic mass is 10.1. The monoisotopic (exact) mass is 307 g/mol. The first-order valence-corrected chi connectivity index (χ1v) is 7.28. The Labute approximate surface area is 134 Å². The second-order valence-electron chi connectivity index (χ2n) is 5.05. The molecule has 23 heavy (non-hydrogen) atoms. The summed E-state index contributed by atoms with van der Waals surface area (Å²) in [5.41, 5.74) is 3.45. The maximum absolute atomic E-state index is 12.1. The van der Waals surface area contributed by atoms with Crippen LogP contribution in [0.3, 0.4) is 0 Å². The third-order valence-corrected chi connectivity index (χ3v) is 3.57. The molecule has 3 aromatic rings. The molecule has 0 bridgehead atoms. The van der Waals surface area contributed by atoms with Gasteiger partial charge in [-0.05, 0) is 36.4 Å². The second-order valence-corrected chi connectivity index (χ2v) is 5.05. The molecule has 2 N–H and O–H groups in total. The van der Waals surface area contributed by atoms with Gasteiger partial charge in [0, 0.05) is 23.2 Å². The topological polar surface area (TPSA) is 67.0 Å². The van der Waals surface area contributed by atoms with Crippen molar-refractivity contribution in [3.05, 3.63) is 71.9 Å². The van der Waals surface area contributed by atoms with E-state index in [1.807, 2.05) is 42.5 Å². The highest BCUT2D eigenvalue weighted by molar-refractivity contribution is 5.94. The van der Waals surface area contributed by atoms with Crippen molar-refractivity contribution in [3.63, 3.8) is 0 Å². The minimum atomic E-state index is -0.104. The van der Waals surface area contributed by atoms with Crippen LogP contribution in [-0.4, -0.2) is 23.2 Å². The zero-order chi connectivity index (χ0) is 16.1. The van der Waals surface area contributed by atoms with E-state index in [4.69, 9.17) is 4.74 Å². The number of carbonyl (C=O) groups excluding carboxylic acids is 1. The minimum Gasteiger partial charge on any atom is -0.497 e. The van der Waals surface area contributed by atoms with Crippen molar-refractivity contribution in [1.29, 1.82) is 0 Å². The molecule has 2 aromatic carbocycles. The van der Waals surface area contributed by atoms with Crippen LogP contribution in [0.25, 0.3) is 11.3 Å². The third kappa shape index (κ3) is 3.40. The van der Waals surface area contributed by atoms with Crippen LogP contribution in [0.15, 0.2) is 60.8 Å². The number of rotatable bonds is 5. The van der Waals surface area contributed by atoms with E-state index >= 15 is 0 Å². The highest BCUT2D eigenvalue weighted by Gasteiger charge is 2.10. The van der Waals surface area contributed by atoms with Crippen LogP contribution in [0, 0.1) is 0 Å². The molecular weight excluding hydrogens is 290 g/mol. The van der Waals surface area contributed by atoms with E-state index < -0.39 is 0 Å². The van der Waals surface area contributed by atoms with Gasteiger partial charge in [-0.1, -0.05) is 18.2 Å². The number of nitrogens with zero attached hydrogens (tertiary/aromatic N) is 1. The standard InChI is InChI=1S/C18H17N3O2/c1-23-16-9-7-13(8-10-16)17-15(12-20-21-17)11-19-18(22)14-5-3-2-4-6-14/h2-10,12H,11H2,1H3,(H,19,22)(H,20,21). The summed E-state index contributed by atoms with van der Waals surface area (Å²) in [4.78, 5) is 12.1. The van der Waals surface area contributed by atoms with Gasteiger partial charge in [-0.2, -0.15) is 5.10 Å². The smallest absolute Gasteiger partial charge is 0.251 e. The number of aromatic amines is 1. The normalized spacial score (nSPS) is 10.3. The number of hydrogen-bond donors (Lipinski definition) is 2. The van der Waals surface area contributed by atoms with Gasteiger partial charge < -0.3 is 10.1 Å². The molecule has 0 aliphatic rings. The highest BCUT2D eigenvalue weighted by atomic mass is 16.5. The van der Waals surface area contributed by atoms with Crippen LogP contribution >= 0.6 is 0 Å². The predicted molar refractivity (Wildman–Crippen MR) is 88.2 cm³/mol. The Morgan fingerprint density at radius 3 is 2.57 bits per heavy atom. The Morgan fingerprint density at radius 1 is 1.13 bits per heavy atom. The van der Waals surface area contributed by atoms with E-state index in [1.165, 1.54) is 0 Å². The van der Waals surface area contributed by atoms with E-state index in [1.54, 1.807) is 25.4 Å². The Hall–Kier alpha value is -3.08.